The Labute approximate surface area is 339 Å². The molecular weight excluding hydrogens is 715 g/mol. The van der Waals surface area contributed by atoms with E-state index in [4.69, 9.17) is 0 Å². The van der Waals surface area contributed by atoms with E-state index in [0.717, 1.165) is 11.3 Å². The van der Waals surface area contributed by atoms with Crippen molar-refractivity contribution in [3.05, 3.63) is 230 Å². The molecule has 0 amide bonds. The SMILES string of the molecule is C(#C[Si](c1ccccc1)(c1ccccc1)c1ccc2c(c1)c1ccccc1n2-c1ccccc1)c1c2ccccc2c(-c2cccc3ccccc23)c2ccccc12. The third kappa shape index (κ3) is 5.33. The van der Waals surface area contributed by atoms with Crippen molar-refractivity contribution in [3.63, 3.8) is 0 Å². The van der Waals surface area contributed by atoms with Gasteiger partial charge in [-0.05, 0) is 83.3 Å². The van der Waals surface area contributed by atoms with Crippen molar-refractivity contribution in [1.29, 1.82) is 0 Å². The summed E-state index contributed by atoms with van der Waals surface area (Å²) < 4.78 is 2.39. The predicted octanol–water partition coefficient (Wildman–Crippen LogP) is 12.0. The molecule has 2 heteroatoms. The summed E-state index contributed by atoms with van der Waals surface area (Å²) in [6.45, 7) is 0. The zero-order valence-electron chi connectivity index (χ0n) is 31.8. The number of nitrogens with zero attached hydrogens (tertiary/aromatic N) is 1. The van der Waals surface area contributed by atoms with Crippen molar-refractivity contribution in [3.8, 4) is 28.3 Å². The van der Waals surface area contributed by atoms with Gasteiger partial charge in [0.15, 0.2) is 0 Å². The molecule has 270 valence electrons. The smallest absolute Gasteiger partial charge is 0.230 e. The van der Waals surface area contributed by atoms with Gasteiger partial charge in [-0.15, -0.1) is 5.54 Å². The number of rotatable bonds is 5. The minimum Gasteiger partial charge on any atom is -0.309 e. The Kier molecular flexibility index (Phi) is 8.14. The van der Waals surface area contributed by atoms with E-state index < -0.39 is 8.07 Å². The van der Waals surface area contributed by atoms with E-state index in [9.17, 15) is 0 Å². The van der Waals surface area contributed by atoms with Crippen LogP contribution in [-0.2, 0) is 0 Å². The van der Waals surface area contributed by atoms with Crippen LogP contribution in [0.3, 0.4) is 0 Å². The fourth-order valence-electron chi connectivity index (χ4n) is 9.31. The van der Waals surface area contributed by atoms with Gasteiger partial charge in [0.05, 0.1) is 11.0 Å². The molecule has 0 fully saturated rings. The van der Waals surface area contributed by atoms with E-state index in [-0.39, 0.29) is 0 Å². The maximum Gasteiger partial charge on any atom is 0.230 e. The highest BCUT2D eigenvalue weighted by atomic mass is 28.3. The summed E-state index contributed by atoms with van der Waals surface area (Å²) in [7, 11) is -3.04. The molecule has 0 aliphatic carbocycles. The van der Waals surface area contributed by atoms with Gasteiger partial charge in [0.2, 0.25) is 8.07 Å². The van der Waals surface area contributed by atoms with Crippen LogP contribution in [-0.4, -0.2) is 12.6 Å². The van der Waals surface area contributed by atoms with Gasteiger partial charge in [-0.25, -0.2) is 0 Å². The Morgan fingerprint density at radius 2 is 0.845 bits per heavy atom. The van der Waals surface area contributed by atoms with Crippen molar-refractivity contribution in [1.82, 2.24) is 4.57 Å². The zero-order valence-corrected chi connectivity index (χ0v) is 32.8. The molecule has 0 spiro atoms. The van der Waals surface area contributed by atoms with Gasteiger partial charge in [-0.2, -0.15) is 0 Å². The number of hydrogen-bond acceptors (Lipinski definition) is 0. The average molecular weight is 752 g/mol. The molecule has 0 radical (unpaired) electrons. The quantitative estimate of drug-likeness (QED) is 0.0714. The summed E-state index contributed by atoms with van der Waals surface area (Å²) in [4.78, 5) is 0. The van der Waals surface area contributed by atoms with E-state index >= 15 is 0 Å². The normalized spacial score (nSPS) is 11.7. The van der Waals surface area contributed by atoms with Gasteiger partial charge in [-0.1, -0.05) is 206 Å². The Balaban J connectivity index is 1.23. The predicted molar refractivity (Wildman–Crippen MR) is 250 cm³/mol. The largest absolute Gasteiger partial charge is 0.309 e. The lowest BCUT2D eigenvalue weighted by Crippen LogP contribution is -2.66. The standard InChI is InChI=1S/C56H37NSi/c1-4-21-41(22-5-1)57-54-34-17-16-30-49(54)53-39-44(35-36-55(53)57)58(42-23-6-2-7-24-42,43-25-8-3-9-26-43)38-37-48-46-28-12-14-31-51(46)56(52-32-15-13-29-47(48)52)50-33-18-20-40-19-10-11-27-45(40)50/h1-36,39H. The molecule has 0 unspecified atom stereocenters. The molecule has 0 saturated heterocycles. The number of fused-ring (bicyclic) bond motifs is 6. The monoisotopic (exact) mass is 751 g/mol. The maximum atomic E-state index is 4.20. The van der Waals surface area contributed by atoms with Crippen molar-refractivity contribution in [2.75, 3.05) is 0 Å². The van der Waals surface area contributed by atoms with Crippen LogP contribution in [0, 0.1) is 11.5 Å². The van der Waals surface area contributed by atoms with E-state index in [0.29, 0.717) is 0 Å². The van der Waals surface area contributed by atoms with Crippen molar-refractivity contribution in [2.45, 2.75) is 0 Å². The van der Waals surface area contributed by atoms with E-state index in [2.05, 4.69) is 240 Å². The van der Waals surface area contributed by atoms with Crippen LogP contribution in [0.1, 0.15) is 5.56 Å². The van der Waals surface area contributed by atoms with E-state index in [1.807, 2.05) is 0 Å². The molecule has 0 bridgehead atoms. The van der Waals surface area contributed by atoms with Crippen LogP contribution >= 0.6 is 0 Å². The Morgan fingerprint density at radius 3 is 1.50 bits per heavy atom. The Bertz CT molecular complexity index is 3290. The maximum absolute atomic E-state index is 4.20. The Hall–Kier alpha value is -7.44. The van der Waals surface area contributed by atoms with Gasteiger partial charge in [0, 0.05) is 22.0 Å². The highest BCUT2D eigenvalue weighted by Gasteiger charge is 2.39. The highest BCUT2D eigenvalue weighted by molar-refractivity contribution is 7.17. The number of aromatic nitrogens is 1. The molecule has 11 rings (SSSR count). The molecule has 1 heterocycles. The van der Waals surface area contributed by atoms with Crippen LogP contribution in [0.2, 0.25) is 0 Å². The molecule has 0 saturated carbocycles. The number of para-hydroxylation sites is 2. The molecule has 58 heavy (non-hydrogen) atoms. The lowest BCUT2D eigenvalue weighted by Gasteiger charge is -2.28. The van der Waals surface area contributed by atoms with Gasteiger partial charge in [-0.3, -0.25) is 0 Å². The van der Waals surface area contributed by atoms with Crippen LogP contribution in [0.15, 0.2) is 224 Å². The van der Waals surface area contributed by atoms with Crippen LogP contribution in [0.4, 0.5) is 0 Å². The molecule has 1 aromatic heterocycles. The fourth-order valence-corrected chi connectivity index (χ4v) is 13.1. The first-order valence-corrected chi connectivity index (χ1v) is 21.9. The second-order valence-electron chi connectivity index (χ2n) is 15.0. The summed E-state index contributed by atoms with van der Waals surface area (Å²) in [5.74, 6) is 4.01. The summed E-state index contributed by atoms with van der Waals surface area (Å²) in [5, 5.41) is 13.5. The molecule has 0 atom stereocenters. The second-order valence-corrected chi connectivity index (χ2v) is 18.5. The van der Waals surface area contributed by atoms with Gasteiger partial charge < -0.3 is 4.57 Å². The van der Waals surface area contributed by atoms with Crippen LogP contribution < -0.4 is 15.6 Å². The lowest BCUT2D eigenvalue weighted by atomic mass is 9.87. The van der Waals surface area contributed by atoms with Crippen molar-refractivity contribution < 1.29 is 0 Å². The molecule has 0 aliphatic rings. The van der Waals surface area contributed by atoms with Crippen molar-refractivity contribution >= 4 is 77.8 Å². The van der Waals surface area contributed by atoms with Gasteiger partial charge in [0.25, 0.3) is 0 Å². The van der Waals surface area contributed by atoms with Crippen LogP contribution in [0.25, 0.3) is 70.9 Å². The summed E-state index contributed by atoms with van der Waals surface area (Å²) >= 11 is 0. The van der Waals surface area contributed by atoms with E-state index in [1.165, 1.54) is 80.8 Å². The lowest BCUT2D eigenvalue weighted by molar-refractivity contribution is 1.18. The molecule has 0 N–H and O–H groups in total. The molecular formula is C56H37NSi. The average Bonchev–Trinajstić information content (AvgIpc) is 3.63. The number of hydrogen-bond donors (Lipinski definition) is 0. The van der Waals surface area contributed by atoms with Crippen molar-refractivity contribution in [2.24, 2.45) is 0 Å². The third-order valence-corrected chi connectivity index (χ3v) is 16.0. The van der Waals surface area contributed by atoms with Gasteiger partial charge >= 0.3 is 0 Å². The summed E-state index contributed by atoms with van der Waals surface area (Å²) in [6, 6.07) is 81.8. The molecule has 10 aromatic carbocycles. The molecule has 1 nitrogen and oxygen atoms in total. The fraction of sp³-hybridized carbons (Fsp3) is 0. The summed E-state index contributed by atoms with van der Waals surface area (Å²) in [5.41, 5.74) is 11.3. The molecule has 11 aromatic rings. The van der Waals surface area contributed by atoms with Gasteiger partial charge in [0.1, 0.15) is 0 Å². The first-order chi connectivity index (χ1) is 28.8. The van der Waals surface area contributed by atoms with E-state index in [1.54, 1.807) is 0 Å². The second kappa shape index (κ2) is 13.9. The zero-order chi connectivity index (χ0) is 38.5. The summed E-state index contributed by atoms with van der Waals surface area (Å²) in [6.07, 6.45) is 0. The number of benzene rings is 10. The highest BCUT2D eigenvalue weighted by Crippen LogP contribution is 2.41. The van der Waals surface area contributed by atoms with Crippen LogP contribution in [0.5, 0.6) is 0 Å². The topological polar surface area (TPSA) is 4.93 Å². The molecule has 0 aliphatic heterocycles. The first kappa shape index (κ1) is 33.9. The third-order valence-electron chi connectivity index (χ3n) is 11.9. The minimum absolute atomic E-state index is 1.07. The minimum atomic E-state index is -3.04. The first-order valence-electron chi connectivity index (χ1n) is 19.9. The Morgan fingerprint density at radius 1 is 0.345 bits per heavy atom.